The van der Waals surface area contributed by atoms with Crippen molar-refractivity contribution < 1.29 is 23.8 Å². The van der Waals surface area contributed by atoms with Crippen LogP contribution >= 0.6 is 0 Å². The van der Waals surface area contributed by atoms with E-state index in [1.54, 1.807) is 27.4 Å². The SMILES string of the molecule is CCOC(=O)N1CCN(c2cc3c(cc2F)c(=O)c(C(=O)O)cn3CC)CC1. The molecule has 1 saturated heterocycles. The van der Waals surface area contributed by atoms with Crippen molar-refractivity contribution in [3.63, 3.8) is 0 Å². The fourth-order valence-corrected chi connectivity index (χ4v) is 3.40. The number of benzene rings is 1. The molecule has 2 heterocycles. The van der Waals surface area contributed by atoms with Crippen LogP contribution in [0.4, 0.5) is 14.9 Å². The fourth-order valence-electron chi connectivity index (χ4n) is 3.40. The highest BCUT2D eigenvalue weighted by atomic mass is 19.1. The van der Waals surface area contributed by atoms with E-state index >= 15 is 0 Å². The summed E-state index contributed by atoms with van der Waals surface area (Å²) in [5.41, 5.74) is -0.295. The van der Waals surface area contributed by atoms with E-state index in [1.807, 2.05) is 6.92 Å². The fraction of sp³-hybridized carbons (Fsp3) is 0.421. The molecule has 1 amide bonds. The number of carboxylic acids is 1. The van der Waals surface area contributed by atoms with E-state index in [-0.39, 0.29) is 17.0 Å². The topological polar surface area (TPSA) is 92.1 Å². The van der Waals surface area contributed by atoms with Crippen LogP contribution in [0.2, 0.25) is 0 Å². The molecule has 1 fully saturated rings. The lowest BCUT2D eigenvalue weighted by atomic mass is 10.1. The summed E-state index contributed by atoms with van der Waals surface area (Å²) < 4.78 is 21.4. The number of anilines is 1. The van der Waals surface area contributed by atoms with Gasteiger partial charge >= 0.3 is 12.1 Å². The summed E-state index contributed by atoms with van der Waals surface area (Å²) in [4.78, 5) is 38.9. The highest BCUT2D eigenvalue weighted by Gasteiger charge is 2.25. The lowest BCUT2D eigenvalue weighted by Gasteiger charge is -2.35. The molecule has 3 rings (SSSR count). The minimum absolute atomic E-state index is 0.0353. The van der Waals surface area contributed by atoms with Gasteiger partial charge in [0, 0.05) is 44.3 Å². The summed E-state index contributed by atoms with van der Waals surface area (Å²) in [7, 11) is 0. The second-order valence-electron chi connectivity index (χ2n) is 6.46. The second-order valence-corrected chi connectivity index (χ2v) is 6.46. The number of aromatic nitrogens is 1. The van der Waals surface area contributed by atoms with Crippen LogP contribution in [0.1, 0.15) is 24.2 Å². The number of fused-ring (bicyclic) bond motifs is 1. The van der Waals surface area contributed by atoms with Crippen LogP contribution in [-0.2, 0) is 11.3 Å². The molecule has 0 aliphatic carbocycles. The Morgan fingerprint density at radius 3 is 2.43 bits per heavy atom. The van der Waals surface area contributed by atoms with Gasteiger partial charge in [-0.25, -0.2) is 14.0 Å². The summed E-state index contributed by atoms with van der Waals surface area (Å²) in [6, 6.07) is 2.67. The van der Waals surface area contributed by atoms with Gasteiger partial charge in [0.25, 0.3) is 0 Å². The standard InChI is InChI=1S/C19H22FN3O5/c1-3-21-11-13(18(25)26)17(24)12-9-14(20)16(10-15(12)21)22-5-7-23(8-6-22)19(27)28-4-2/h9-11H,3-8H2,1-2H3,(H,25,26). The number of aryl methyl sites for hydroxylation is 1. The first-order valence-corrected chi connectivity index (χ1v) is 9.14. The van der Waals surface area contributed by atoms with E-state index in [9.17, 15) is 23.9 Å². The number of carboxylic acid groups (broad SMARTS) is 1. The smallest absolute Gasteiger partial charge is 0.409 e. The lowest BCUT2D eigenvalue weighted by molar-refractivity contribution is 0.0694. The maximum atomic E-state index is 14.8. The molecule has 1 N–H and O–H groups in total. The summed E-state index contributed by atoms with van der Waals surface area (Å²) >= 11 is 0. The van der Waals surface area contributed by atoms with Crippen molar-refractivity contribution in [3.05, 3.63) is 39.9 Å². The molecule has 0 saturated carbocycles. The highest BCUT2D eigenvalue weighted by molar-refractivity contribution is 5.93. The summed E-state index contributed by atoms with van der Waals surface area (Å²) in [6.45, 7) is 5.92. The maximum absolute atomic E-state index is 14.8. The number of carbonyl (C=O) groups is 2. The maximum Gasteiger partial charge on any atom is 0.409 e. The molecule has 0 spiro atoms. The molecule has 8 nitrogen and oxygen atoms in total. The van der Waals surface area contributed by atoms with Crippen molar-refractivity contribution >= 4 is 28.7 Å². The van der Waals surface area contributed by atoms with Crippen molar-refractivity contribution in [3.8, 4) is 0 Å². The van der Waals surface area contributed by atoms with E-state index < -0.39 is 17.2 Å². The van der Waals surface area contributed by atoms with Gasteiger partial charge in [0.05, 0.1) is 17.8 Å². The highest BCUT2D eigenvalue weighted by Crippen LogP contribution is 2.26. The number of aromatic carboxylic acids is 1. The molecule has 0 unspecified atom stereocenters. The van der Waals surface area contributed by atoms with Gasteiger partial charge in [0.2, 0.25) is 5.43 Å². The van der Waals surface area contributed by atoms with E-state index in [4.69, 9.17) is 4.74 Å². The first-order valence-electron chi connectivity index (χ1n) is 9.14. The second kappa shape index (κ2) is 7.87. The van der Waals surface area contributed by atoms with Gasteiger partial charge in [-0.2, -0.15) is 0 Å². The lowest BCUT2D eigenvalue weighted by Crippen LogP contribution is -2.49. The Hall–Kier alpha value is -3.10. The molecule has 0 bridgehead atoms. The van der Waals surface area contributed by atoms with Crippen LogP contribution in [-0.4, -0.2) is 59.4 Å². The predicted molar refractivity (Wildman–Crippen MR) is 102 cm³/mol. The van der Waals surface area contributed by atoms with Crippen LogP contribution in [0.25, 0.3) is 10.9 Å². The first-order chi connectivity index (χ1) is 13.4. The first kappa shape index (κ1) is 19.7. The van der Waals surface area contributed by atoms with Gasteiger partial charge in [-0.15, -0.1) is 0 Å². The third kappa shape index (κ3) is 3.51. The zero-order valence-electron chi connectivity index (χ0n) is 15.8. The number of nitrogens with zero attached hydrogens (tertiary/aromatic N) is 3. The minimum atomic E-state index is -1.34. The van der Waals surface area contributed by atoms with Gasteiger partial charge in [0.1, 0.15) is 11.4 Å². The number of hydrogen-bond acceptors (Lipinski definition) is 5. The monoisotopic (exact) mass is 391 g/mol. The number of hydrogen-bond donors (Lipinski definition) is 1. The number of halogens is 1. The number of ether oxygens (including phenoxy) is 1. The van der Waals surface area contributed by atoms with Gasteiger partial charge < -0.3 is 24.2 Å². The summed E-state index contributed by atoms with van der Waals surface area (Å²) in [5.74, 6) is -1.94. The van der Waals surface area contributed by atoms with E-state index in [0.717, 1.165) is 6.07 Å². The predicted octanol–water partition coefficient (Wildman–Crippen LogP) is 2.14. The van der Waals surface area contributed by atoms with Gasteiger partial charge in [-0.3, -0.25) is 4.79 Å². The third-order valence-electron chi connectivity index (χ3n) is 4.87. The zero-order chi connectivity index (χ0) is 20.4. The molecular weight excluding hydrogens is 369 g/mol. The summed E-state index contributed by atoms with van der Waals surface area (Å²) in [6.07, 6.45) is 0.898. The van der Waals surface area contributed by atoms with Crippen molar-refractivity contribution in [2.24, 2.45) is 0 Å². The Bertz CT molecular complexity index is 980. The number of carbonyl (C=O) groups excluding carboxylic acids is 1. The van der Waals surface area contributed by atoms with Gasteiger partial charge in [-0.05, 0) is 26.0 Å². The molecule has 0 atom stereocenters. The Balaban J connectivity index is 1.97. The number of piperazine rings is 1. The van der Waals surface area contributed by atoms with Crippen molar-refractivity contribution in [2.75, 3.05) is 37.7 Å². The number of pyridine rings is 1. The Morgan fingerprint density at radius 2 is 1.86 bits per heavy atom. The van der Waals surface area contributed by atoms with E-state index in [2.05, 4.69) is 0 Å². The molecule has 9 heteroatoms. The van der Waals surface area contributed by atoms with Crippen molar-refractivity contribution in [1.29, 1.82) is 0 Å². The van der Waals surface area contributed by atoms with Crippen molar-refractivity contribution in [1.82, 2.24) is 9.47 Å². The third-order valence-corrected chi connectivity index (χ3v) is 4.87. The van der Waals surface area contributed by atoms with Crippen LogP contribution in [0.3, 0.4) is 0 Å². The zero-order valence-corrected chi connectivity index (χ0v) is 15.8. The molecule has 28 heavy (non-hydrogen) atoms. The molecule has 2 aromatic rings. The Morgan fingerprint density at radius 1 is 1.18 bits per heavy atom. The average Bonchev–Trinajstić information content (AvgIpc) is 2.68. The number of amides is 1. The normalized spacial score (nSPS) is 14.4. The van der Waals surface area contributed by atoms with Gasteiger partial charge in [0.15, 0.2) is 0 Å². The molecule has 1 aliphatic rings. The largest absolute Gasteiger partial charge is 0.477 e. The molecule has 1 aromatic heterocycles. The molecule has 0 radical (unpaired) electrons. The molecule has 1 aliphatic heterocycles. The van der Waals surface area contributed by atoms with E-state index in [0.29, 0.717) is 50.5 Å². The average molecular weight is 391 g/mol. The molecule has 150 valence electrons. The van der Waals surface area contributed by atoms with Gasteiger partial charge in [-0.1, -0.05) is 0 Å². The van der Waals surface area contributed by atoms with Crippen LogP contribution in [0, 0.1) is 5.82 Å². The van der Waals surface area contributed by atoms with Crippen LogP contribution in [0.15, 0.2) is 23.1 Å². The van der Waals surface area contributed by atoms with Crippen LogP contribution < -0.4 is 10.3 Å². The summed E-state index contributed by atoms with van der Waals surface area (Å²) in [5, 5.41) is 9.26. The Kier molecular flexibility index (Phi) is 5.53. The Labute approximate surface area is 160 Å². The molecular formula is C19H22FN3O5. The van der Waals surface area contributed by atoms with Crippen LogP contribution in [0.5, 0.6) is 0 Å². The number of rotatable bonds is 4. The van der Waals surface area contributed by atoms with E-state index in [1.165, 1.54) is 6.20 Å². The minimum Gasteiger partial charge on any atom is -0.477 e. The van der Waals surface area contributed by atoms with Crippen molar-refractivity contribution in [2.45, 2.75) is 20.4 Å². The quantitative estimate of drug-likeness (QED) is 0.859. The molecule has 1 aromatic carbocycles.